The van der Waals surface area contributed by atoms with Crippen molar-refractivity contribution in [3.8, 4) is 28.5 Å². The highest BCUT2D eigenvalue weighted by atomic mass is 15.1. The molecule has 27 heavy (non-hydrogen) atoms. The molecule has 0 bridgehead atoms. The van der Waals surface area contributed by atoms with Crippen LogP contribution >= 0.6 is 0 Å². The highest BCUT2D eigenvalue weighted by molar-refractivity contribution is 5.82. The first-order chi connectivity index (χ1) is 13.4. The van der Waals surface area contributed by atoms with E-state index in [2.05, 4.69) is 34.9 Å². The van der Waals surface area contributed by atoms with Gasteiger partial charge in [-0.2, -0.15) is 0 Å². The summed E-state index contributed by atoms with van der Waals surface area (Å²) in [5, 5.41) is 0. The molecule has 2 heterocycles. The maximum atomic E-state index is 4.91. The van der Waals surface area contributed by atoms with Gasteiger partial charge in [0.05, 0.1) is 16.7 Å². The Bertz CT molecular complexity index is 1210. The van der Waals surface area contributed by atoms with E-state index >= 15 is 0 Å². The average molecular weight is 347 g/mol. The minimum atomic E-state index is 0.847. The van der Waals surface area contributed by atoms with Crippen molar-refractivity contribution in [1.29, 1.82) is 0 Å². The second-order valence-electron chi connectivity index (χ2n) is 6.37. The molecule has 0 spiro atoms. The Kier molecular flexibility index (Phi) is 3.76. The fraction of sp³-hybridized carbons (Fsp3) is 0. The van der Waals surface area contributed by atoms with E-state index in [-0.39, 0.29) is 0 Å². The standard InChI is InChI=1S/C24H17N3/c1-3-10-18(11-4-1)20-15-9-16-22(25-20)24-26-21-14-7-8-17-23(21)27(24)19-12-5-2-6-13-19/h1-17H. The summed E-state index contributed by atoms with van der Waals surface area (Å²) in [5.41, 5.74) is 6.01. The van der Waals surface area contributed by atoms with E-state index in [1.165, 1.54) is 0 Å². The number of fused-ring (bicyclic) bond motifs is 1. The summed E-state index contributed by atoms with van der Waals surface area (Å²) in [5.74, 6) is 0.847. The number of hydrogen-bond donors (Lipinski definition) is 0. The predicted molar refractivity (Wildman–Crippen MR) is 110 cm³/mol. The minimum Gasteiger partial charge on any atom is -0.291 e. The second kappa shape index (κ2) is 6.54. The molecule has 0 fully saturated rings. The Morgan fingerprint density at radius 1 is 0.519 bits per heavy atom. The third kappa shape index (κ3) is 2.79. The number of hydrogen-bond acceptors (Lipinski definition) is 2. The molecule has 5 rings (SSSR count). The van der Waals surface area contributed by atoms with E-state index in [9.17, 15) is 0 Å². The van der Waals surface area contributed by atoms with Crippen LogP contribution in [-0.4, -0.2) is 14.5 Å². The van der Waals surface area contributed by atoms with Gasteiger partial charge in [-0.05, 0) is 36.4 Å². The van der Waals surface area contributed by atoms with Crippen LogP contribution in [0, 0.1) is 0 Å². The number of rotatable bonds is 3. The van der Waals surface area contributed by atoms with Gasteiger partial charge in [-0.15, -0.1) is 0 Å². The lowest BCUT2D eigenvalue weighted by Crippen LogP contribution is -1.99. The lowest BCUT2D eigenvalue weighted by atomic mass is 10.1. The number of nitrogens with zero attached hydrogens (tertiary/aromatic N) is 3. The van der Waals surface area contributed by atoms with Crippen molar-refractivity contribution in [3.63, 3.8) is 0 Å². The first-order valence-electron chi connectivity index (χ1n) is 8.96. The zero-order chi connectivity index (χ0) is 18.1. The van der Waals surface area contributed by atoms with Gasteiger partial charge < -0.3 is 0 Å². The van der Waals surface area contributed by atoms with Crippen LogP contribution in [-0.2, 0) is 0 Å². The van der Waals surface area contributed by atoms with Gasteiger partial charge in [-0.25, -0.2) is 9.97 Å². The van der Waals surface area contributed by atoms with Crippen molar-refractivity contribution < 1.29 is 0 Å². The van der Waals surface area contributed by atoms with E-state index in [1.807, 2.05) is 72.8 Å². The molecule has 0 saturated carbocycles. The summed E-state index contributed by atoms with van der Waals surface area (Å²) in [6.07, 6.45) is 0. The number of pyridine rings is 1. The van der Waals surface area contributed by atoms with Crippen molar-refractivity contribution >= 4 is 11.0 Å². The normalized spacial score (nSPS) is 11.0. The van der Waals surface area contributed by atoms with Crippen molar-refractivity contribution in [2.24, 2.45) is 0 Å². The number of benzene rings is 3. The molecule has 0 atom stereocenters. The highest BCUT2D eigenvalue weighted by Crippen LogP contribution is 2.29. The summed E-state index contributed by atoms with van der Waals surface area (Å²) in [4.78, 5) is 9.81. The zero-order valence-electron chi connectivity index (χ0n) is 14.7. The molecule has 0 N–H and O–H groups in total. The number of para-hydroxylation sites is 3. The molecule has 0 radical (unpaired) electrons. The number of imidazole rings is 1. The van der Waals surface area contributed by atoms with Crippen molar-refractivity contribution in [1.82, 2.24) is 14.5 Å². The fourth-order valence-corrected chi connectivity index (χ4v) is 3.37. The molecule has 0 amide bonds. The van der Waals surface area contributed by atoms with Gasteiger partial charge in [0.15, 0.2) is 5.82 Å². The van der Waals surface area contributed by atoms with Gasteiger partial charge >= 0.3 is 0 Å². The Balaban J connectivity index is 1.75. The summed E-state index contributed by atoms with van der Waals surface area (Å²) < 4.78 is 2.17. The molecular formula is C24H17N3. The van der Waals surface area contributed by atoms with Crippen LogP contribution in [0.1, 0.15) is 0 Å². The van der Waals surface area contributed by atoms with Gasteiger partial charge in [0.1, 0.15) is 5.69 Å². The van der Waals surface area contributed by atoms with Crippen LogP contribution in [0.25, 0.3) is 39.5 Å². The predicted octanol–water partition coefficient (Wildman–Crippen LogP) is 5.75. The highest BCUT2D eigenvalue weighted by Gasteiger charge is 2.15. The SMILES string of the molecule is c1ccc(-c2cccc(-c3nc4ccccc4n3-c3ccccc3)n2)cc1. The summed E-state index contributed by atoms with van der Waals surface area (Å²) in [6.45, 7) is 0. The summed E-state index contributed by atoms with van der Waals surface area (Å²) >= 11 is 0. The maximum absolute atomic E-state index is 4.91. The van der Waals surface area contributed by atoms with Gasteiger partial charge in [0.25, 0.3) is 0 Å². The lowest BCUT2D eigenvalue weighted by molar-refractivity contribution is 1.08. The lowest BCUT2D eigenvalue weighted by Gasteiger charge is -2.10. The smallest absolute Gasteiger partial charge is 0.164 e. The fourth-order valence-electron chi connectivity index (χ4n) is 3.37. The third-order valence-electron chi connectivity index (χ3n) is 4.62. The molecule has 0 aliphatic rings. The van der Waals surface area contributed by atoms with Crippen LogP contribution in [0.2, 0.25) is 0 Å². The van der Waals surface area contributed by atoms with Crippen molar-refractivity contribution in [3.05, 3.63) is 103 Å². The third-order valence-corrected chi connectivity index (χ3v) is 4.62. The first-order valence-corrected chi connectivity index (χ1v) is 8.96. The van der Waals surface area contributed by atoms with Crippen LogP contribution in [0.3, 0.4) is 0 Å². The van der Waals surface area contributed by atoms with E-state index in [4.69, 9.17) is 9.97 Å². The van der Waals surface area contributed by atoms with Crippen LogP contribution in [0.15, 0.2) is 103 Å². The van der Waals surface area contributed by atoms with Crippen molar-refractivity contribution in [2.75, 3.05) is 0 Å². The van der Waals surface area contributed by atoms with Gasteiger partial charge in [0.2, 0.25) is 0 Å². The largest absolute Gasteiger partial charge is 0.291 e. The van der Waals surface area contributed by atoms with Gasteiger partial charge in [-0.1, -0.05) is 66.7 Å². The van der Waals surface area contributed by atoms with E-state index in [1.54, 1.807) is 0 Å². The van der Waals surface area contributed by atoms with Crippen LogP contribution in [0.4, 0.5) is 0 Å². The topological polar surface area (TPSA) is 30.7 Å². The molecule has 3 nitrogen and oxygen atoms in total. The van der Waals surface area contributed by atoms with E-state index < -0.39 is 0 Å². The monoisotopic (exact) mass is 347 g/mol. The Labute approximate surface area is 157 Å². The quantitative estimate of drug-likeness (QED) is 0.416. The molecule has 0 aliphatic heterocycles. The molecule has 128 valence electrons. The van der Waals surface area contributed by atoms with Gasteiger partial charge in [-0.3, -0.25) is 4.57 Å². The van der Waals surface area contributed by atoms with Gasteiger partial charge in [0, 0.05) is 11.3 Å². The second-order valence-corrected chi connectivity index (χ2v) is 6.37. The molecular weight excluding hydrogens is 330 g/mol. The minimum absolute atomic E-state index is 0.847. The maximum Gasteiger partial charge on any atom is 0.164 e. The summed E-state index contributed by atoms with van der Waals surface area (Å²) in [7, 11) is 0. The van der Waals surface area contributed by atoms with Crippen molar-refractivity contribution in [2.45, 2.75) is 0 Å². The first kappa shape index (κ1) is 15.5. The molecule has 0 unspecified atom stereocenters. The van der Waals surface area contributed by atoms with E-state index in [0.29, 0.717) is 0 Å². The zero-order valence-corrected chi connectivity index (χ0v) is 14.7. The molecule has 0 aliphatic carbocycles. The average Bonchev–Trinajstić information content (AvgIpc) is 3.15. The Morgan fingerprint density at radius 2 is 1.19 bits per heavy atom. The Hall–Kier alpha value is -3.72. The van der Waals surface area contributed by atoms with Crippen LogP contribution < -0.4 is 0 Å². The Morgan fingerprint density at radius 3 is 2.00 bits per heavy atom. The summed E-state index contributed by atoms with van der Waals surface area (Å²) in [6, 6.07) is 34.8. The van der Waals surface area contributed by atoms with Crippen LogP contribution in [0.5, 0.6) is 0 Å². The van der Waals surface area contributed by atoms with E-state index in [0.717, 1.165) is 39.5 Å². The molecule has 5 aromatic rings. The molecule has 3 aromatic carbocycles. The molecule has 3 heteroatoms. The molecule has 2 aromatic heterocycles. The molecule has 0 saturated heterocycles. The number of aromatic nitrogens is 3.